The maximum Gasteiger partial charge on any atom is 0.241 e. The molecule has 4 rings (SSSR count). The summed E-state index contributed by atoms with van der Waals surface area (Å²) in [5.74, 6) is 1.79. The van der Waals surface area contributed by atoms with E-state index in [4.69, 9.17) is 8.94 Å². The standard InChI is InChI=1S/C18H19FN4O2/c19-15-5-3-14(4-6-15)18-20-17(25-21-18)13-23-9-7-22(8-10-23)12-16-2-1-11-24-16/h1-6,11H,7-10,12-13H2. The Hall–Kier alpha value is -2.51. The van der Waals surface area contributed by atoms with E-state index in [1.165, 1.54) is 12.1 Å². The largest absolute Gasteiger partial charge is 0.468 e. The summed E-state index contributed by atoms with van der Waals surface area (Å²) >= 11 is 0. The van der Waals surface area contributed by atoms with E-state index in [9.17, 15) is 4.39 Å². The molecule has 130 valence electrons. The number of halogens is 1. The molecule has 1 aromatic carbocycles. The van der Waals surface area contributed by atoms with Crippen LogP contribution in [0.5, 0.6) is 0 Å². The summed E-state index contributed by atoms with van der Waals surface area (Å²) in [5.41, 5.74) is 0.750. The number of hydrogen-bond acceptors (Lipinski definition) is 6. The second-order valence-electron chi connectivity index (χ2n) is 6.15. The van der Waals surface area contributed by atoms with Crippen molar-refractivity contribution in [3.8, 4) is 11.4 Å². The van der Waals surface area contributed by atoms with Gasteiger partial charge in [0.2, 0.25) is 11.7 Å². The van der Waals surface area contributed by atoms with E-state index in [2.05, 4.69) is 19.9 Å². The van der Waals surface area contributed by atoms with Gasteiger partial charge in [0.1, 0.15) is 11.6 Å². The van der Waals surface area contributed by atoms with Crippen molar-refractivity contribution in [1.29, 1.82) is 0 Å². The number of furan rings is 1. The highest BCUT2D eigenvalue weighted by atomic mass is 19.1. The lowest BCUT2D eigenvalue weighted by Crippen LogP contribution is -2.45. The van der Waals surface area contributed by atoms with E-state index in [1.54, 1.807) is 18.4 Å². The molecule has 0 unspecified atom stereocenters. The molecular weight excluding hydrogens is 323 g/mol. The van der Waals surface area contributed by atoms with Crippen LogP contribution in [0.25, 0.3) is 11.4 Å². The van der Waals surface area contributed by atoms with Gasteiger partial charge in [-0.1, -0.05) is 5.16 Å². The number of piperazine rings is 1. The quantitative estimate of drug-likeness (QED) is 0.711. The van der Waals surface area contributed by atoms with Crippen LogP contribution in [0.15, 0.2) is 51.6 Å². The minimum absolute atomic E-state index is 0.278. The van der Waals surface area contributed by atoms with Gasteiger partial charge < -0.3 is 8.94 Å². The molecule has 1 aliphatic rings. The SMILES string of the molecule is Fc1ccc(-c2noc(CN3CCN(Cc4ccco4)CC3)n2)cc1. The van der Waals surface area contributed by atoms with Crippen LogP contribution in [0, 0.1) is 5.82 Å². The summed E-state index contributed by atoms with van der Waals surface area (Å²) in [4.78, 5) is 9.07. The summed E-state index contributed by atoms with van der Waals surface area (Å²) in [6.07, 6.45) is 1.71. The molecule has 2 aromatic heterocycles. The molecule has 6 nitrogen and oxygen atoms in total. The Labute approximate surface area is 144 Å². The molecule has 0 spiro atoms. The van der Waals surface area contributed by atoms with Gasteiger partial charge in [-0.2, -0.15) is 4.98 Å². The van der Waals surface area contributed by atoms with E-state index < -0.39 is 0 Å². The molecular formula is C18H19FN4O2. The molecule has 0 radical (unpaired) electrons. The van der Waals surface area contributed by atoms with Gasteiger partial charge in [0.05, 0.1) is 19.4 Å². The summed E-state index contributed by atoms with van der Waals surface area (Å²) in [6.45, 7) is 5.29. The predicted molar refractivity (Wildman–Crippen MR) is 89.0 cm³/mol. The van der Waals surface area contributed by atoms with Crippen molar-refractivity contribution in [3.05, 3.63) is 60.1 Å². The van der Waals surface area contributed by atoms with Gasteiger partial charge in [-0.05, 0) is 36.4 Å². The van der Waals surface area contributed by atoms with Crippen molar-refractivity contribution >= 4 is 0 Å². The van der Waals surface area contributed by atoms with Gasteiger partial charge in [0.25, 0.3) is 0 Å². The van der Waals surface area contributed by atoms with Crippen LogP contribution in [0.4, 0.5) is 4.39 Å². The number of hydrogen-bond donors (Lipinski definition) is 0. The zero-order chi connectivity index (χ0) is 17.1. The monoisotopic (exact) mass is 342 g/mol. The minimum atomic E-state index is -0.278. The molecule has 0 saturated carbocycles. The molecule has 1 fully saturated rings. The Morgan fingerprint density at radius 3 is 2.36 bits per heavy atom. The van der Waals surface area contributed by atoms with Crippen LogP contribution in [0.2, 0.25) is 0 Å². The highest BCUT2D eigenvalue weighted by Gasteiger charge is 2.20. The van der Waals surface area contributed by atoms with Crippen LogP contribution in [-0.2, 0) is 13.1 Å². The summed E-state index contributed by atoms with van der Waals surface area (Å²) < 4.78 is 23.7. The molecule has 3 heterocycles. The van der Waals surface area contributed by atoms with Crippen LogP contribution >= 0.6 is 0 Å². The maximum atomic E-state index is 13.0. The average Bonchev–Trinajstić information content (AvgIpc) is 3.29. The second-order valence-corrected chi connectivity index (χ2v) is 6.15. The van der Waals surface area contributed by atoms with E-state index in [-0.39, 0.29) is 5.82 Å². The first-order valence-electron chi connectivity index (χ1n) is 8.32. The second kappa shape index (κ2) is 7.16. The van der Waals surface area contributed by atoms with Gasteiger partial charge in [0.15, 0.2) is 0 Å². The Morgan fingerprint density at radius 1 is 0.960 bits per heavy atom. The van der Waals surface area contributed by atoms with E-state index in [0.717, 1.165) is 44.0 Å². The number of nitrogens with zero attached hydrogens (tertiary/aromatic N) is 4. The highest BCUT2D eigenvalue weighted by Crippen LogP contribution is 2.17. The summed E-state index contributed by atoms with van der Waals surface area (Å²) in [5, 5.41) is 3.99. The Morgan fingerprint density at radius 2 is 1.68 bits per heavy atom. The normalized spacial score (nSPS) is 16.4. The third-order valence-corrected chi connectivity index (χ3v) is 4.35. The van der Waals surface area contributed by atoms with Gasteiger partial charge in [-0.15, -0.1) is 0 Å². The topological polar surface area (TPSA) is 58.5 Å². The Kier molecular flexibility index (Phi) is 4.58. The molecule has 1 saturated heterocycles. The lowest BCUT2D eigenvalue weighted by atomic mass is 10.2. The molecule has 0 amide bonds. The van der Waals surface area contributed by atoms with Crippen molar-refractivity contribution in [3.63, 3.8) is 0 Å². The Bertz CT molecular complexity index is 793. The number of benzene rings is 1. The van der Waals surface area contributed by atoms with Crippen LogP contribution in [0.1, 0.15) is 11.7 Å². The molecule has 0 atom stereocenters. The van der Waals surface area contributed by atoms with E-state index in [0.29, 0.717) is 18.3 Å². The van der Waals surface area contributed by atoms with E-state index in [1.807, 2.05) is 12.1 Å². The number of rotatable bonds is 5. The third kappa shape index (κ3) is 3.94. The fraction of sp³-hybridized carbons (Fsp3) is 0.333. The lowest BCUT2D eigenvalue weighted by Gasteiger charge is -2.33. The summed E-state index contributed by atoms with van der Waals surface area (Å²) in [6, 6.07) is 10.0. The fourth-order valence-electron chi connectivity index (χ4n) is 2.96. The zero-order valence-electron chi connectivity index (χ0n) is 13.8. The van der Waals surface area contributed by atoms with Gasteiger partial charge in [0, 0.05) is 31.7 Å². The molecule has 25 heavy (non-hydrogen) atoms. The van der Waals surface area contributed by atoms with Crippen LogP contribution in [0.3, 0.4) is 0 Å². The smallest absolute Gasteiger partial charge is 0.241 e. The minimum Gasteiger partial charge on any atom is -0.468 e. The van der Waals surface area contributed by atoms with Gasteiger partial charge >= 0.3 is 0 Å². The first kappa shape index (κ1) is 16.0. The molecule has 1 aliphatic heterocycles. The van der Waals surface area contributed by atoms with Crippen molar-refractivity contribution in [1.82, 2.24) is 19.9 Å². The Balaban J connectivity index is 1.31. The predicted octanol–water partition coefficient (Wildman–Crippen LogP) is 2.79. The fourth-order valence-corrected chi connectivity index (χ4v) is 2.96. The van der Waals surface area contributed by atoms with Crippen molar-refractivity contribution in [2.45, 2.75) is 13.1 Å². The molecule has 0 bridgehead atoms. The van der Waals surface area contributed by atoms with Crippen molar-refractivity contribution < 1.29 is 13.3 Å². The number of aromatic nitrogens is 2. The van der Waals surface area contributed by atoms with E-state index >= 15 is 0 Å². The van der Waals surface area contributed by atoms with Crippen molar-refractivity contribution in [2.75, 3.05) is 26.2 Å². The maximum absolute atomic E-state index is 13.0. The highest BCUT2D eigenvalue weighted by molar-refractivity contribution is 5.53. The van der Waals surface area contributed by atoms with Crippen LogP contribution in [-0.4, -0.2) is 46.1 Å². The first-order chi connectivity index (χ1) is 12.3. The van der Waals surface area contributed by atoms with Gasteiger partial charge in [-0.25, -0.2) is 4.39 Å². The third-order valence-electron chi connectivity index (χ3n) is 4.35. The first-order valence-corrected chi connectivity index (χ1v) is 8.32. The van der Waals surface area contributed by atoms with Gasteiger partial charge in [-0.3, -0.25) is 9.80 Å². The molecule has 0 aliphatic carbocycles. The van der Waals surface area contributed by atoms with Crippen molar-refractivity contribution in [2.24, 2.45) is 0 Å². The molecule has 0 N–H and O–H groups in total. The molecule has 3 aromatic rings. The zero-order valence-corrected chi connectivity index (χ0v) is 13.8. The average molecular weight is 342 g/mol. The summed E-state index contributed by atoms with van der Waals surface area (Å²) in [7, 11) is 0. The lowest BCUT2D eigenvalue weighted by molar-refractivity contribution is 0.107. The van der Waals surface area contributed by atoms with Crippen LogP contribution < -0.4 is 0 Å². The molecule has 7 heteroatoms.